The van der Waals surface area contributed by atoms with Crippen LogP contribution >= 0.6 is 27.5 Å². The normalized spacial score (nSPS) is 26.1. The maximum absolute atomic E-state index is 6.42. The molecule has 2 aliphatic rings. The lowest BCUT2D eigenvalue weighted by Crippen LogP contribution is -2.29. The molecule has 1 aliphatic carbocycles. The summed E-state index contributed by atoms with van der Waals surface area (Å²) in [4.78, 5) is 0. The van der Waals surface area contributed by atoms with Crippen molar-refractivity contribution in [1.29, 1.82) is 0 Å². The number of nitrogens with one attached hydrogen (secondary N) is 1. The highest BCUT2D eigenvalue weighted by molar-refractivity contribution is 9.10. The van der Waals surface area contributed by atoms with Gasteiger partial charge in [-0.1, -0.05) is 63.9 Å². The van der Waals surface area contributed by atoms with E-state index in [-0.39, 0.29) is 0 Å². The predicted molar refractivity (Wildman–Crippen MR) is 91.9 cm³/mol. The van der Waals surface area contributed by atoms with Crippen LogP contribution in [0.5, 0.6) is 0 Å². The average Bonchev–Trinajstić information content (AvgIpc) is 2.98. The third-order valence-corrected chi connectivity index (χ3v) is 5.42. The van der Waals surface area contributed by atoms with Crippen molar-refractivity contribution in [3.8, 4) is 0 Å². The first kappa shape index (κ1) is 13.4. The van der Waals surface area contributed by atoms with Gasteiger partial charge in [0.15, 0.2) is 0 Å². The van der Waals surface area contributed by atoms with E-state index in [1.165, 1.54) is 11.1 Å². The predicted octanol–water partition coefficient (Wildman–Crippen LogP) is 5.93. The van der Waals surface area contributed by atoms with Crippen molar-refractivity contribution in [2.45, 2.75) is 18.4 Å². The first-order chi connectivity index (χ1) is 10.2. The van der Waals surface area contributed by atoms with Crippen molar-refractivity contribution >= 4 is 33.2 Å². The zero-order valence-corrected chi connectivity index (χ0v) is 13.7. The summed E-state index contributed by atoms with van der Waals surface area (Å²) in [5.41, 5.74) is 3.75. The second-order valence-corrected chi connectivity index (χ2v) is 7.05. The Morgan fingerprint density at radius 3 is 2.71 bits per heavy atom. The fourth-order valence-electron chi connectivity index (χ4n) is 3.58. The summed E-state index contributed by atoms with van der Waals surface area (Å²) in [6.07, 6.45) is 5.76. The average molecular weight is 361 g/mol. The van der Waals surface area contributed by atoms with Gasteiger partial charge < -0.3 is 5.32 Å². The maximum Gasteiger partial charge on any atom is 0.0640 e. The largest absolute Gasteiger partial charge is 0.376 e. The Morgan fingerprint density at radius 1 is 1.10 bits per heavy atom. The summed E-state index contributed by atoms with van der Waals surface area (Å²) in [5.74, 6) is 1.03. The molecule has 3 heteroatoms. The van der Waals surface area contributed by atoms with Gasteiger partial charge in [0.25, 0.3) is 0 Å². The quantitative estimate of drug-likeness (QED) is 0.622. The number of halogens is 2. The fraction of sp³-hybridized carbons (Fsp3) is 0.222. The molecule has 0 amide bonds. The van der Waals surface area contributed by atoms with Gasteiger partial charge in [0.05, 0.1) is 16.8 Å². The molecule has 106 valence electrons. The molecule has 1 aliphatic heterocycles. The number of allylic oxidation sites excluding steroid dienone is 2. The highest BCUT2D eigenvalue weighted by Crippen LogP contribution is 2.51. The van der Waals surface area contributed by atoms with Crippen LogP contribution in [-0.4, -0.2) is 0 Å². The molecule has 1 N–H and O–H groups in total. The van der Waals surface area contributed by atoms with Gasteiger partial charge in [-0.05, 0) is 41.7 Å². The first-order valence-corrected chi connectivity index (χ1v) is 8.38. The van der Waals surface area contributed by atoms with E-state index in [9.17, 15) is 0 Å². The van der Waals surface area contributed by atoms with Crippen molar-refractivity contribution in [3.05, 3.63) is 75.2 Å². The standard InChI is InChI=1S/C18H15BrClN/c19-12-9-7-11(8-10-12)17-14-4-1-3-13(14)15-5-2-6-16(20)18(15)21-17/h1-3,5-10,13-14,17,21H,4H2/t13-,14+,17-/m1/s1. The molecule has 0 aromatic heterocycles. The number of anilines is 1. The Morgan fingerprint density at radius 2 is 1.90 bits per heavy atom. The molecular weight excluding hydrogens is 346 g/mol. The molecule has 0 bridgehead atoms. The molecule has 0 fully saturated rings. The van der Waals surface area contributed by atoms with E-state index < -0.39 is 0 Å². The van der Waals surface area contributed by atoms with Gasteiger partial charge in [0.1, 0.15) is 0 Å². The van der Waals surface area contributed by atoms with Gasteiger partial charge in [-0.15, -0.1) is 0 Å². The lowest BCUT2D eigenvalue weighted by Gasteiger charge is -2.38. The van der Waals surface area contributed by atoms with E-state index in [2.05, 4.69) is 63.7 Å². The zero-order chi connectivity index (χ0) is 14.4. The van der Waals surface area contributed by atoms with Gasteiger partial charge in [0, 0.05) is 10.4 Å². The van der Waals surface area contributed by atoms with Crippen molar-refractivity contribution in [1.82, 2.24) is 0 Å². The SMILES string of the molecule is Clc1cccc2c1N[C@H](c1ccc(Br)cc1)[C@H]1CC=C[C@@H]21. The van der Waals surface area contributed by atoms with Crippen LogP contribution < -0.4 is 5.32 Å². The highest BCUT2D eigenvalue weighted by Gasteiger charge is 2.38. The number of hydrogen-bond donors (Lipinski definition) is 1. The third kappa shape index (κ3) is 2.21. The summed E-state index contributed by atoms with van der Waals surface area (Å²) in [6.45, 7) is 0. The monoisotopic (exact) mass is 359 g/mol. The van der Waals surface area contributed by atoms with Gasteiger partial charge in [0.2, 0.25) is 0 Å². The summed E-state index contributed by atoms with van der Waals surface area (Å²) < 4.78 is 1.11. The van der Waals surface area contributed by atoms with Crippen molar-refractivity contribution < 1.29 is 0 Å². The minimum atomic E-state index is 0.311. The minimum Gasteiger partial charge on any atom is -0.376 e. The number of para-hydroxylation sites is 1. The molecule has 1 nitrogen and oxygen atoms in total. The Kier molecular flexibility index (Phi) is 3.31. The summed E-state index contributed by atoms with van der Waals surface area (Å²) in [6, 6.07) is 15.1. The first-order valence-electron chi connectivity index (χ1n) is 7.21. The van der Waals surface area contributed by atoms with Crippen LogP contribution in [0.15, 0.2) is 59.1 Å². The van der Waals surface area contributed by atoms with Crippen LogP contribution in [0, 0.1) is 5.92 Å². The Labute approximate surface area is 138 Å². The van der Waals surface area contributed by atoms with Crippen LogP contribution in [0.2, 0.25) is 5.02 Å². The molecule has 2 aromatic carbocycles. The number of fused-ring (bicyclic) bond motifs is 3. The molecule has 0 saturated carbocycles. The molecule has 4 rings (SSSR count). The lowest BCUT2D eigenvalue weighted by atomic mass is 9.77. The maximum atomic E-state index is 6.42. The molecule has 0 unspecified atom stereocenters. The van der Waals surface area contributed by atoms with Gasteiger partial charge >= 0.3 is 0 Å². The number of hydrogen-bond acceptors (Lipinski definition) is 1. The second kappa shape index (κ2) is 5.19. The lowest BCUT2D eigenvalue weighted by molar-refractivity contribution is 0.425. The van der Waals surface area contributed by atoms with E-state index in [4.69, 9.17) is 11.6 Å². The number of benzene rings is 2. The van der Waals surface area contributed by atoms with E-state index in [0.29, 0.717) is 17.9 Å². The van der Waals surface area contributed by atoms with Crippen molar-refractivity contribution in [2.24, 2.45) is 5.92 Å². The smallest absolute Gasteiger partial charge is 0.0640 e. The van der Waals surface area contributed by atoms with Crippen LogP contribution in [-0.2, 0) is 0 Å². The topological polar surface area (TPSA) is 12.0 Å². The Balaban J connectivity index is 1.81. The highest BCUT2D eigenvalue weighted by atomic mass is 79.9. The second-order valence-electron chi connectivity index (χ2n) is 5.73. The van der Waals surface area contributed by atoms with E-state index >= 15 is 0 Å². The zero-order valence-electron chi connectivity index (χ0n) is 11.4. The van der Waals surface area contributed by atoms with Crippen LogP contribution in [0.3, 0.4) is 0 Å². The third-order valence-electron chi connectivity index (χ3n) is 4.58. The molecular formula is C18H15BrClN. The molecule has 3 atom stereocenters. The van der Waals surface area contributed by atoms with Crippen molar-refractivity contribution in [3.63, 3.8) is 0 Å². The molecule has 21 heavy (non-hydrogen) atoms. The van der Waals surface area contributed by atoms with Gasteiger partial charge in [-0.2, -0.15) is 0 Å². The van der Waals surface area contributed by atoms with Crippen LogP contribution in [0.25, 0.3) is 0 Å². The van der Waals surface area contributed by atoms with Crippen molar-refractivity contribution in [2.75, 3.05) is 5.32 Å². The van der Waals surface area contributed by atoms with E-state index in [1.54, 1.807) is 0 Å². The molecule has 2 aromatic rings. The van der Waals surface area contributed by atoms with E-state index in [1.807, 2.05) is 12.1 Å². The molecule has 1 heterocycles. The molecule has 0 radical (unpaired) electrons. The minimum absolute atomic E-state index is 0.311. The Bertz CT molecular complexity index is 708. The summed E-state index contributed by atoms with van der Waals surface area (Å²) in [7, 11) is 0. The van der Waals surface area contributed by atoms with Gasteiger partial charge in [-0.25, -0.2) is 0 Å². The molecule has 0 saturated heterocycles. The van der Waals surface area contributed by atoms with Crippen LogP contribution in [0.1, 0.15) is 29.5 Å². The molecule has 0 spiro atoms. The fourth-order valence-corrected chi connectivity index (χ4v) is 4.08. The number of rotatable bonds is 1. The van der Waals surface area contributed by atoms with Gasteiger partial charge in [-0.3, -0.25) is 0 Å². The summed E-state index contributed by atoms with van der Waals surface area (Å²) in [5, 5.41) is 4.50. The summed E-state index contributed by atoms with van der Waals surface area (Å²) >= 11 is 9.93. The van der Waals surface area contributed by atoms with Crippen LogP contribution in [0.4, 0.5) is 5.69 Å². The Hall–Kier alpha value is -1.25. The van der Waals surface area contributed by atoms with E-state index in [0.717, 1.165) is 21.6 Å².